The standard InChI is InChI=1S/C36H55F2N6O8P.Na/c1-3-5-7-9-11-13-15-17-34(45)49-22-31(51-35(46)18-16-14-12-10-8-6-4-2)23-50-53(47,48)52-36(24-43-28-39-26-41-43,25-44-29-40-27-42-44)32-20-19-30(37)21-33(32)38;/h19-21,26-29,31H,3-18,22-25H2,1-2H3,(H,47,48);/q;+1/p-1. The zero-order chi connectivity index (χ0) is 38.4. The first kappa shape index (κ1) is 47.6. The van der Waals surface area contributed by atoms with Crippen LogP contribution < -0.4 is 34.5 Å². The number of benzene rings is 1. The van der Waals surface area contributed by atoms with E-state index in [0.717, 1.165) is 82.8 Å². The molecule has 0 N–H and O–H groups in total. The summed E-state index contributed by atoms with van der Waals surface area (Å²) in [5.74, 6) is -3.11. The van der Waals surface area contributed by atoms with Crippen LogP contribution in [0, 0.1) is 11.6 Å². The quantitative estimate of drug-likeness (QED) is 0.0429. The van der Waals surface area contributed by atoms with Crippen molar-refractivity contribution in [3.05, 3.63) is 60.7 Å². The number of ether oxygens (including phenoxy) is 2. The molecule has 0 fully saturated rings. The molecule has 54 heavy (non-hydrogen) atoms. The fourth-order valence-electron chi connectivity index (χ4n) is 5.83. The average Bonchev–Trinajstić information content (AvgIpc) is 3.83. The molecule has 1 aromatic carbocycles. The van der Waals surface area contributed by atoms with Gasteiger partial charge in [0.05, 0.1) is 19.7 Å². The van der Waals surface area contributed by atoms with E-state index in [-0.39, 0.29) is 48.0 Å². The maximum Gasteiger partial charge on any atom is 1.00 e. The number of esters is 2. The van der Waals surface area contributed by atoms with E-state index in [9.17, 15) is 23.4 Å². The van der Waals surface area contributed by atoms with Crippen molar-refractivity contribution in [3.8, 4) is 0 Å². The van der Waals surface area contributed by atoms with E-state index >= 15 is 4.39 Å². The maximum atomic E-state index is 15.4. The SMILES string of the molecule is CCCCCCCCCC(=O)OCC(COP(=O)([O-])OC(Cn1cncn1)(Cn1cncn1)c1ccc(F)cc1F)OC(=O)CCCCCCCCC.[Na+]. The van der Waals surface area contributed by atoms with Gasteiger partial charge in [-0.05, 0) is 18.9 Å². The molecular formula is C36H54F2N6NaO8P. The van der Waals surface area contributed by atoms with Gasteiger partial charge in [0.2, 0.25) is 0 Å². The van der Waals surface area contributed by atoms with Crippen molar-refractivity contribution in [1.82, 2.24) is 29.5 Å². The van der Waals surface area contributed by atoms with E-state index in [1.807, 2.05) is 0 Å². The first-order valence-electron chi connectivity index (χ1n) is 18.7. The van der Waals surface area contributed by atoms with Gasteiger partial charge in [0, 0.05) is 24.5 Å². The molecule has 18 heteroatoms. The largest absolute Gasteiger partial charge is 1.00 e. The van der Waals surface area contributed by atoms with Crippen molar-refractivity contribution in [2.45, 2.75) is 141 Å². The average molecular weight is 791 g/mol. The Labute approximate surface area is 339 Å². The van der Waals surface area contributed by atoms with Gasteiger partial charge in [-0.2, -0.15) is 10.2 Å². The minimum absolute atomic E-state index is 0. The number of phosphoric ester groups is 1. The molecule has 0 aliphatic rings. The second kappa shape index (κ2) is 26.3. The van der Waals surface area contributed by atoms with E-state index in [1.165, 1.54) is 41.1 Å². The van der Waals surface area contributed by atoms with Crippen LogP contribution in [-0.4, -0.2) is 60.8 Å². The molecule has 0 radical (unpaired) electrons. The van der Waals surface area contributed by atoms with Crippen LogP contribution >= 0.6 is 7.82 Å². The van der Waals surface area contributed by atoms with Crippen molar-refractivity contribution in [3.63, 3.8) is 0 Å². The molecule has 0 saturated heterocycles. The van der Waals surface area contributed by atoms with Gasteiger partial charge in [-0.1, -0.05) is 97.0 Å². The molecule has 14 nitrogen and oxygen atoms in total. The van der Waals surface area contributed by atoms with E-state index in [4.69, 9.17) is 18.5 Å². The molecule has 0 saturated carbocycles. The molecule has 3 rings (SSSR count). The topological polar surface area (TPSA) is 173 Å². The number of nitrogens with zero attached hydrogens (tertiary/aromatic N) is 6. The number of rotatable bonds is 29. The van der Waals surface area contributed by atoms with Crippen molar-refractivity contribution >= 4 is 19.8 Å². The normalized spacial score (nSPS) is 13.2. The van der Waals surface area contributed by atoms with Crippen molar-refractivity contribution in [1.29, 1.82) is 0 Å². The molecule has 0 aliphatic carbocycles. The number of unbranched alkanes of at least 4 members (excludes halogenated alkanes) is 12. The van der Waals surface area contributed by atoms with Crippen LogP contribution in [0.3, 0.4) is 0 Å². The van der Waals surface area contributed by atoms with Gasteiger partial charge in [0.1, 0.15) is 49.2 Å². The fraction of sp³-hybridized carbons (Fsp3) is 0.667. The van der Waals surface area contributed by atoms with E-state index in [2.05, 4.69) is 34.0 Å². The molecule has 2 aromatic heterocycles. The molecule has 0 aliphatic heterocycles. The summed E-state index contributed by atoms with van der Waals surface area (Å²) in [5, 5.41) is 8.04. The predicted octanol–water partition coefficient (Wildman–Crippen LogP) is 3.99. The van der Waals surface area contributed by atoms with E-state index < -0.39 is 69.4 Å². The summed E-state index contributed by atoms with van der Waals surface area (Å²) < 4.78 is 67.3. The van der Waals surface area contributed by atoms with Crippen LogP contribution in [0.25, 0.3) is 0 Å². The Hall–Kier alpha value is -2.59. The van der Waals surface area contributed by atoms with Crippen LogP contribution in [0.1, 0.15) is 122 Å². The molecule has 2 atom stereocenters. The number of carbonyl (C=O) groups excluding carboxylic acids is 2. The first-order chi connectivity index (χ1) is 25.6. The van der Waals surface area contributed by atoms with Gasteiger partial charge >= 0.3 is 41.5 Å². The summed E-state index contributed by atoms with van der Waals surface area (Å²) in [6.07, 6.45) is 17.8. The fourth-order valence-corrected chi connectivity index (χ4v) is 6.87. The van der Waals surface area contributed by atoms with Gasteiger partial charge in [0.15, 0.2) is 6.10 Å². The minimum Gasteiger partial charge on any atom is -0.756 e. The molecule has 0 amide bonds. The van der Waals surface area contributed by atoms with E-state index in [1.54, 1.807) is 0 Å². The number of phosphoric acid groups is 1. The van der Waals surface area contributed by atoms with Crippen LogP contribution in [0.15, 0.2) is 43.5 Å². The Morgan fingerprint density at radius 1 is 0.796 bits per heavy atom. The molecule has 2 heterocycles. The number of aromatic nitrogens is 6. The second-order valence-electron chi connectivity index (χ2n) is 13.2. The predicted molar refractivity (Wildman–Crippen MR) is 189 cm³/mol. The zero-order valence-corrected chi connectivity index (χ0v) is 34.8. The zero-order valence-electron chi connectivity index (χ0n) is 31.9. The third-order valence-electron chi connectivity index (χ3n) is 8.59. The van der Waals surface area contributed by atoms with Gasteiger partial charge in [-0.3, -0.25) is 14.2 Å². The van der Waals surface area contributed by atoms with Crippen molar-refractivity contribution in [2.24, 2.45) is 0 Å². The Bertz CT molecular complexity index is 1490. The molecule has 296 valence electrons. The summed E-state index contributed by atoms with van der Waals surface area (Å²) >= 11 is 0. The molecular weight excluding hydrogens is 736 g/mol. The van der Waals surface area contributed by atoms with Gasteiger partial charge in [-0.25, -0.2) is 28.1 Å². The van der Waals surface area contributed by atoms with Crippen LogP contribution in [0.5, 0.6) is 0 Å². The molecule has 0 bridgehead atoms. The second-order valence-corrected chi connectivity index (χ2v) is 14.5. The third kappa shape index (κ3) is 18.4. The Morgan fingerprint density at radius 2 is 1.31 bits per heavy atom. The Morgan fingerprint density at radius 3 is 1.81 bits per heavy atom. The van der Waals surface area contributed by atoms with Crippen LogP contribution in [0.4, 0.5) is 8.78 Å². The summed E-state index contributed by atoms with van der Waals surface area (Å²) in [7, 11) is -5.43. The van der Waals surface area contributed by atoms with Crippen LogP contribution in [0.2, 0.25) is 0 Å². The van der Waals surface area contributed by atoms with Crippen molar-refractivity contribution < 1.29 is 75.9 Å². The van der Waals surface area contributed by atoms with E-state index in [0.29, 0.717) is 18.9 Å². The Balaban J connectivity index is 0.0000101. The first-order valence-corrected chi connectivity index (χ1v) is 20.1. The third-order valence-corrected chi connectivity index (χ3v) is 9.63. The number of halogens is 2. The molecule has 2 unspecified atom stereocenters. The summed E-state index contributed by atoms with van der Waals surface area (Å²) in [6.45, 7) is 2.21. The number of carbonyl (C=O) groups is 2. The maximum absolute atomic E-state index is 15.4. The smallest absolute Gasteiger partial charge is 0.756 e. The Kier molecular flexibility index (Phi) is 23.2. The van der Waals surface area contributed by atoms with Crippen LogP contribution in [-0.2, 0) is 51.4 Å². The van der Waals surface area contributed by atoms with Crippen molar-refractivity contribution in [2.75, 3.05) is 13.2 Å². The minimum atomic E-state index is -5.43. The summed E-state index contributed by atoms with van der Waals surface area (Å²) in [5.41, 5.74) is -2.50. The number of hydrogen-bond acceptors (Lipinski definition) is 12. The number of hydrogen-bond donors (Lipinski definition) is 0. The molecule has 0 spiro atoms. The molecule has 3 aromatic rings. The monoisotopic (exact) mass is 790 g/mol. The van der Waals surface area contributed by atoms with Gasteiger partial charge in [-0.15, -0.1) is 0 Å². The summed E-state index contributed by atoms with van der Waals surface area (Å²) in [4.78, 5) is 46.7. The van der Waals surface area contributed by atoms with Gasteiger partial charge < -0.3 is 23.4 Å². The summed E-state index contributed by atoms with van der Waals surface area (Å²) in [6, 6.07) is 2.60. The van der Waals surface area contributed by atoms with Gasteiger partial charge in [0.25, 0.3) is 7.82 Å².